The smallest absolute Gasteiger partial charge is 0.227 e. The van der Waals surface area contributed by atoms with Gasteiger partial charge in [0.1, 0.15) is 5.69 Å². The van der Waals surface area contributed by atoms with E-state index >= 15 is 0 Å². The third kappa shape index (κ3) is 4.80. The normalized spacial score (nSPS) is 17.0. The zero-order valence-electron chi connectivity index (χ0n) is 20.4. The van der Waals surface area contributed by atoms with Gasteiger partial charge in [-0.05, 0) is 42.5 Å². The Morgan fingerprint density at radius 3 is 2.61 bits per heavy atom. The van der Waals surface area contributed by atoms with Crippen LogP contribution in [0.25, 0.3) is 22.5 Å². The molecule has 1 aromatic carbocycles. The third-order valence-electron chi connectivity index (χ3n) is 6.68. The zero-order chi connectivity index (χ0) is 24.4. The predicted molar refractivity (Wildman–Crippen MR) is 140 cm³/mol. The van der Waals surface area contributed by atoms with Gasteiger partial charge in [0.2, 0.25) is 5.95 Å². The van der Waals surface area contributed by atoms with Crippen LogP contribution < -0.4 is 15.5 Å². The van der Waals surface area contributed by atoms with E-state index in [9.17, 15) is 0 Å². The van der Waals surface area contributed by atoms with Gasteiger partial charge < -0.3 is 20.3 Å². The molecule has 5 heterocycles. The molecular weight excluding hydrogens is 452 g/mol. The van der Waals surface area contributed by atoms with E-state index in [0.29, 0.717) is 5.95 Å². The van der Waals surface area contributed by atoms with Crippen molar-refractivity contribution in [1.29, 1.82) is 0 Å². The minimum Gasteiger partial charge on any atom is -0.380 e. The highest BCUT2D eigenvalue weighted by atomic mass is 16.5. The van der Waals surface area contributed by atoms with Crippen molar-refractivity contribution in [1.82, 2.24) is 30.0 Å². The van der Waals surface area contributed by atoms with E-state index in [1.165, 1.54) is 5.69 Å². The van der Waals surface area contributed by atoms with Gasteiger partial charge in [0.05, 0.1) is 25.5 Å². The first kappa shape index (κ1) is 22.6. The molecule has 0 radical (unpaired) electrons. The summed E-state index contributed by atoms with van der Waals surface area (Å²) < 4.78 is 7.45. The van der Waals surface area contributed by atoms with Crippen LogP contribution in [-0.4, -0.2) is 64.1 Å². The van der Waals surface area contributed by atoms with Crippen molar-refractivity contribution in [2.45, 2.75) is 13.5 Å². The summed E-state index contributed by atoms with van der Waals surface area (Å²) in [5.41, 5.74) is 5.86. The molecule has 0 bridgehead atoms. The number of piperazine rings is 1. The summed E-state index contributed by atoms with van der Waals surface area (Å²) in [5.74, 6) is 0.548. The van der Waals surface area contributed by atoms with Crippen LogP contribution in [0.5, 0.6) is 0 Å². The fraction of sp³-hybridized carbons (Fsp3) is 0.333. The molecule has 6 rings (SSSR count). The third-order valence-corrected chi connectivity index (χ3v) is 6.68. The van der Waals surface area contributed by atoms with Crippen LogP contribution >= 0.6 is 0 Å². The summed E-state index contributed by atoms with van der Waals surface area (Å²) in [4.78, 5) is 16.0. The molecule has 36 heavy (non-hydrogen) atoms. The largest absolute Gasteiger partial charge is 0.380 e. The number of hydrogen-bond acceptors (Lipinski definition) is 8. The maximum Gasteiger partial charge on any atom is 0.227 e. The van der Waals surface area contributed by atoms with Gasteiger partial charge in [-0.25, -0.2) is 9.97 Å². The predicted octanol–water partition coefficient (Wildman–Crippen LogP) is 3.59. The average molecular weight is 483 g/mol. The fourth-order valence-electron chi connectivity index (χ4n) is 4.72. The Kier molecular flexibility index (Phi) is 6.08. The molecule has 184 valence electrons. The molecule has 2 N–H and O–H groups in total. The second kappa shape index (κ2) is 9.67. The number of rotatable bonds is 7. The lowest BCUT2D eigenvalue weighted by Gasteiger charge is -2.37. The number of benzene rings is 1. The Labute approximate surface area is 210 Å². The highest BCUT2D eigenvalue weighted by Crippen LogP contribution is 2.33. The molecule has 4 aromatic rings. The maximum absolute atomic E-state index is 5.45. The number of ether oxygens (including phenoxy) is 1. The molecular formula is C27H30N8O. The first-order chi connectivity index (χ1) is 17.7. The van der Waals surface area contributed by atoms with Crippen molar-refractivity contribution in [3.8, 4) is 22.5 Å². The maximum atomic E-state index is 5.45. The van der Waals surface area contributed by atoms with Crippen LogP contribution in [-0.2, 0) is 11.3 Å². The van der Waals surface area contributed by atoms with E-state index in [1.54, 1.807) is 12.4 Å². The highest BCUT2D eigenvalue weighted by Gasteiger charge is 2.34. The van der Waals surface area contributed by atoms with Gasteiger partial charge in [-0.15, -0.1) is 0 Å². The SMILES string of the molecule is CC1(Cn2cc(-c3ccnc(Nc4ccc(N5CCNCC5)cc4)n3)c(-c3cccnc3)n2)COC1. The molecule has 2 fully saturated rings. The quantitative estimate of drug-likeness (QED) is 0.413. The van der Waals surface area contributed by atoms with Gasteiger partial charge in [-0.1, -0.05) is 6.92 Å². The number of aromatic nitrogens is 5. The Morgan fingerprint density at radius 1 is 1.06 bits per heavy atom. The molecule has 0 unspecified atom stereocenters. The number of pyridine rings is 1. The minimum atomic E-state index is 0.102. The van der Waals surface area contributed by atoms with E-state index in [0.717, 1.165) is 74.1 Å². The molecule has 0 spiro atoms. The molecule has 0 saturated carbocycles. The van der Waals surface area contributed by atoms with Gasteiger partial charge in [-0.3, -0.25) is 9.67 Å². The van der Waals surface area contributed by atoms with Gasteiger partial charge in [0.15, 0.2) is 0 Å². The standard InChI is InChI=1S/C27H30N8O/c1-27(18-36-19-27)17-35-16-23(25(33-35)20-3-2-9-29-15-20)24-8-10-30-26(32-24)31-21-4-6-22(7-5-21)34-13-11-28-12-14-34/h2-10,15-16,28H,11-14,17-19H2,1H3,(H,30,31,32). The lowest BCUT2D eigenvalue weighted by Crippen LogP contribution is -2.43. The highest BCUT2D eigenvalue weighted by molar-refractivity contribution is 5.78. The number of nitrogens with one attached hydrogen (secondary N) is 2. The Morgan fingerprint density at radius 2 is 1.89 bits per heavy atom. The molecule has 2 aliphatic rings. The van der Waals surface area contributed by atoms with Crippen molar-refractivity contribution in [2.24, 2.45) is 5.41 Å². The van der Waals surface area contributed by atoms with Crippen molar-refractivity contribution in [3.63, 3.8) is 0 Å². The summed E-state index contributed by atoms with van der Waals surface area (Å²) in [5, 5.41) is 11.7. The van der Waals surface area contributed by atoms with Crippen LogP contribution in [0.2, 0.25) is 0 Å². The molecule has 2 saturated heterocycles. The van der Waals surface area contributed by atoms with Gasteiger partial charge in [0, 0.05) is 78.9 Å². The fourth-order valence-corrected chi connectivity index (χ4v) is 4.72. The van der Waals surface area contributed by atoms with Gasteiger partial charge in [0.25, 0.3) is 0 Å². The summed E-state index contributed by atoms with van der Waals surface area (Å²) in [6.45, 7) is 8.60. The van der Waals surface area contributed by atoms with Crippen LogP contribution in [0.4, 0.5) is 17.3 Å². The van der Waals surface area contributed by atoms with Crippen molar-refractivity contribution >= 4 is 17.3 Å². The van der Waals surface area contributed by atoms with E-state index in [1.807, 2.05) is 29.1 Å². The minimum absolute atomic E-state index is 0.102. The molecule has 9 nitrogen and oxygen atoms in total. The summed E-state index contributed by atoms with van der Waals surface area (Å²) >= 11 is 0. The van der Waals surface area contributed by atoms with E-state index in [-0.39, 0.29) is 5.41 Å². The lowest BCUT2D eigenvalue weighted by atomic mass is 9.89. The molecule has 0 amide bonds. The van der Waals surface area contributed by atoms with E-state index < -0.39 is 0 Å². The summed E-state index contributed by atoms with van der Waals surface area (Å²) in [6, 6.07) is 14.3. The molecule has 0 aliphatic carbocycles. The topological polar surface area (TPSA) is 93.0 Å². The van der Waals surface area contributed by atoms with Crippen LogP contribution in [0.15, 0.2) is 67.3 Å². The molecule has 9 heteroatoms. The van der Waals surface area contributed by atoms with Crippen LogP contribution in [0, 0.1) is 5.41 Å². The number of hydrogen-bond donors (Lipinski definition) is 2. The van der Waals surface area contributed by atoms with Crippen LogP contribution in [0.3, 0.4) is 0 Å². The van der Waals surface area contributed by atoms with Crippen molar-refractivity contribution in [3.05, 3.63) is 67.3 Å². The second-order valence-corrected chi connectivity index (χ2v) is 9.81. The van der Waals surface area contributed by atoms with Gasteiger partial charge >= 0.3 is 0 Å². The number of nitrogens with zero attached hydrogens (tertiary/aromatic N) is 6. The molecule has 0 atom stereocenters. The summed E-state index contributed by atoms with van der Waals surface area (Å²) in [6.07, 6.45) is 7.46. The van der Waals surface area contributed by atoms with E-state index in [2.05, 4.69) is 62.9 Å². The second-order valence-electron chi connectivity index (χ2n) is 9.81. The average Bonchev–Trinajstić information content (AvgIpc) is 3.33. The van der Waals surface area contributed by atoms with Crippen LogP contribution in [0.1, 0.15) is 6.92 Å². The van der Waals surface area contributed by atoms with Crippen molar-refractivity contribution in [2.75, 3.05) is 49.6 Å². The number of anilines is 3. The lowest BCUT2D eigenvalue weighted by molar-refractivity contribution is -0.111. The Hall–Kier alpha value is -3.82. The molecule has 3 aromatic heterocycles. The van der Waals surface area contributed by atoms with Gasteiger partial charge in [-0.2, -0.15) is 5.10 Å². The molecule has 2 aliphatic heterocycles. The zero-order valence-corrected chi connectivity index (χ0v) is 20.4. The summed E-state index contributed by atoms with van der Waals surface area (Å²) in [7, 11) is 0. The first-order valence-corrected chi connectivity index (χ1v) is 12.4. The Balaban J connectivity index is 1.26. The van der Waals surface area contributed by atoms with Crippen molar-refractivity contribution < 1.29 is 4.74 Å². The first-order valence-electron chi connectivity index (χ1n) is 12.4. The van der Waals surface area contributed by atoms with E-state index in [4.69, 9.17) is 14.8 Å². The monoisotopic (exact) mass is 482 g/mol. The Bertz CT molecular complexity index is 1310.